The van der Waals surface area contributed by atoms with E-state index >= 15 is 0 Å². The molecule has 2 heterocycles. The van der Waals surface area contributed by atoms with Crippen molar-refractivity contribution in [3.63, 3.8) is 0 Å². The highest BCUT2D eigenvalue weighted by atomic mass is 16.2. The number of nitrogens with one attached hydrogen (secondary N) is 1. The quantitative estimate of drug-likeness (QED) is 0.615. The fraction of sp³-hybridized carbons (Fsp3) is 0.227. The van der Waals surface area contributed by atoms with Gasteiger partial charge in [-0.25, -0.2) is 4.98 Å². The summed E-state index contributed by atoms with van der Waals surface area (Å²) in [6.45, 7) is 0.495. The van der Waals surface area contributed by atoms with Crippen LogP contribution in [0.25, 0.3) is 0 Å². The molecule has 0 spiro atoms. The Bertz CT molecular complexity index is 1010. The van der Waals surface area contributed by atoms with Crippen molar-refractivity contribution in [2.45, 2.75) is 31.5 Å². The van der Waals surface area contributed by atoms with Crippen LogP contribution >= 0.6 is 0 Å². The second kappa shape index (κ2) is 7.89. The number of benzene rings is 2. The number of H-pyrrole nitrogens is 1. The molecule has 0 bridgehead atoms. The van der Waals surface area contributed by atoms with E-state index in [0.29, 0.717) is 24.9 Å². The van der Waals surface area contributed by atoms with Crippen LogP contribution < -0.4 is 11.5 Å². The first-order valence-corrected chi connectivity index (χ1v) is 9.54. The van der Waals surface area contributed by atoms with E-state index in [1.807, 2.05) is 23.1 Å². The van der Waals surface area contributed by atoms with Crippen LogP contribution in [0.4, 0.5) is 0 Å². The number of carbonyl (C=O) groups is 2. The Morgan fingerprint density at radius 1 is 1.14 bits per heavy atom. The number of nitrogens with zero attached hydrogens (tertiary/aromatic N) is 2. The molecule has 148 valence electrons. The molecule has 1 unspecified atom stereocenters. The lowest BCUT2D eigenvalue weighted by atomic mass is 9.92. The lowest BCUT2D eigenvalue weighted by Crippen LogP contribution is -2.48. The molecule has 0 saturated heterocycles. The Morgan fingerprint density at radius 3 is 2.52 bits per heavy atom. The Kier molecular flexibility index (Phi) is 5.14. The van der Waals surface area contributed by atoms with E-state index in [2.05, 4.69) is 16.0 Å². The molecule has 1 aromatic heterocycles. The van der Waals surface area contributed by atoms with E-state index in [9.17, 15) is 9.59 Å². The highest BCUT2D eigenvalue weighted by Gasteiger charge is 2.34. The topological polar surface area (TPSA) is 118 Å². The average Bonchev–Trinajstić information content (AvgIpc) is 3.27. The highest BCUT2D eigenvalue weighted by Crippen LogP contribution is 2.32. The molecule has 1 aliphatic rings. The molecule has 2 atom stereocenters. The zero-order valence-electron chi connectivity index (χ0n) is 15.9. The van der Waals surface area contributed by atoms with E-state index in [1.54, 1.807) is 36.7 Å². The number of aromatic nitrogens is 2. The van der Waals surface area contributed by atoms with Crippen molar-refractivity contribution >= 4 is 11.8 Å². The van der Waals surface area contributed by atoms with Crippen molar-refractivity contribution in [2.24, 2.45) is 11.5 Å². The van der Waals surface area contributed by atoms with Gasteiger partial charge < -0.3 is 21.4 Å². The summed E-state index contributed by atoms with van der Waals surface area (Å²) < 4.78 is 0. The molecule has 29 heavy (non-hydrogen) atoms. The fourth-order valence-electron chi connectivity index (χ4n) is 3.82. The van der Waals surface area contributed by atoms with Gasteiger partial charge in [-0.05, 0) is 35.2 Å². The monoisotopic (exact) mass is 389 g/mol. The van der Waals surface area contributed by atoms with Gasteiger partial charge in [-0.1, -0.05) is 36.4 Å². The average molecular weight is 389 g/mol. The lowest BCUT2D eigenvalue weighted by Gasteiger charge is -2.37. The Hall–Kier alpha value is -3.45. The number of hydrogen-bond acceptors (Lipinski definition) is 4. The molecule has 0 saturated carbocycles. The second-order valence-corrected chi connectivity index (χ2v) is 7.30. The third-order valence-corrected chi connectivity index (χ3v) is 5.38. The van der Waals surface area contributed by atoms with Gasteiger partial charge in [0.1, 0.15) is 5.82 Å². The highest BCUT2D eigenvalue weighted by molar-refractivity contribution is 5.92. The Labute approximate surface area is 168 Å². The van der Waals surface area contributed by atoms with Gasteiger partial charge in [0.2, 0.25) is 11.8 Å². The maximum absolute atomic E-state index is 13.3. The number of amides is 2. The first-order chi connectivity index (χ1) is 14.0. The summed E-state index contributed by atoms with van der Waals surface area (Å²) in [5.41, 5.74) is 15.2. The minimum absolute atomic E-state index is 0.125. The molecule has 0 radical (unpaired) electrons. The number of hydrogen-bond donors (Lipinski definition) is 3. The fourth-order valence-corrected chi connectivity index (χ4v) is 3.82. The second-order valence-electron chi connectivity index (χ2n) is 7.30. The van der Waals surface area contributed by atoms with Crippen LogP contribution in [0.3, 0.4) is 0 Å². The molecule has 1 aliphatic heterocycles. The first kappa shape index (κ1) is 18.9. The smallest absolute Gasteiger partial charge is 0.248 e. The van der Waals surface area contributed by atoms with Crippen LogP contribution in [0.2, 0.25) is 0 Å². The predicted molar refractivity (Wildman–Crippen MR) is 109 cm³/mol. The van der Waals surface area contributed by atoms with Crippen LogP contribution in [0.1, 0.15) is 38.9 Å². The van der Waals surface area contributed by atoms with Crippen LogP contribution in [0, 0.1) is 0 Å². The van der Waals surface area contributed by atoms with Gasteiger partial charge in [-0.15, -0.1) is 0 Å². The number of imidazole rings is 1. The van der Waals surface area contributed by atoms with Crippen molar-refractivity contribution in [3.8, 4) is 0 Å². The minimum Gasteiger partial charge on any atom is -0.366 e. The number of primary amides is 1. The molecule has 4 rings (SSSR count). The molecular weight excluding hydrogens is 366 g/mol. The van der Waals surface area contributed by atoms with E-state index < -0.39 is 11.9 Å². The SMILES string of the molecule is NC(=O)c1ccc(C[C@H](N)C(=O)N2Cc3ccccc3CC2c2ncc[nH]2)cc1. The van der Waals surface area contributed by atoms with Crippen molar-refractivity contribution < 1.29 is 9.59 Å². The summed E-state index contributed by atoms with van der Waals surface area (Å²) in [6.07, 6.45) is 4.52. The lowest BCUT2D eigenvalue weighted by molar-refractivity contribution is -0.136. The van der Waals surface area contributed by atoms with Crippen molar-refractivity contribution in [3.05, 3.63) is 89.0 Å². The third-order valence-electron chi connectivity index (χ3n) is 5.38. The van der Waals surface area contributed by atoms with Crippen LogP contribution in [0.15, 0.2) is 60.9 Å². The number of aromatic amines is 1. The third kappa shape index (κ3) is 3.90. The van der Waals surface area contributed by atoms with Crippen LogP contribution in [-0.2, 0) is 24.2 Å². The zero-order valence-corrected chi connectivity index (χ0v) is 15.9. The normalized spacial score (nSPS) is 16.9. The summed E-state index contributed by atoms with van der Waals surface area (Å²) in [6, 6.07) is 14.1. The molecule has 2 amide bonds. The van der Waals surface area contributed by atoms with Crippen LogP contribution in [-0.4, -0.2) is 32.7 Å². The summed E-state index contributed by atoms with van der Waals surface area (Å²) in [7, 11) is 0. The van der Waals surface area contributed by atoms with E-state index in [1.165, 1.54) is 5.56 Å². The number of rotatable bonds is 5. The molecule has 5 N–H and O–H groups in total. The largest absolute Gasteiger partial charge is 0.366 e. The maximum atomic E-state index is 13.3. The van der Waals surface area contributed by atoms with Gasteiger partial charge in [0.15, 0.2) is 0 Å². The minimum atomic E-state index is -0.697. The molecule has 7 heteroatoms. The molecule has 2 aromatic carbocycles. The summed E-state index contributed by atoms with van der Waals surface area (Å²) in [5.74, 6) is 0.149. The maximum Gasteiger partial charge on any atom is 0.248 e. The van der Waals surface area contributed by atoms with Gasteiger partial charge in [-0.2, -0.15) is 0 Å². The van der Waals surface area contributed by atoms with E-state index in [-0.39, 0.29) is 11.9 Å². The van der Waals surface area contributed by atoms with Crippen molar-refractivity contribution in [1.29, 1.82) is 0 Å². The first-order valence-electron chi connectivity index (χ1n) is 9.54. The molecule has 0 fully saturated rings. The summed E-state index contributed by atoms with van der Waals surface area (Å²) in [4.78, 5) is 33.8. The predicted octanol–water partition coefficient (Wildman–Crippen LogP) is 1.70. The molecule has 7 nitrogen and oxygen atoms in total. The zero-order chi connectivity index (χ0) is 20.4. The van der Waals surface area contributed by atoms with E-state index in [0.717, 1.165) is 17.0 Å². The van der Waals surface area contributed by atoms with Crippen molar-refractivity contribution in [1.82, 2.24) is 14.9 Å². The Balaban J connectivity index is 1.55. The Morgan fingerprint density at radius 2 is 1.86 bits per heavy atom. The molecule has 3 aromatic rings. The number of nitrogens with two attached hydrogens (primary N) is 2. The van der Waals surface area contributed by atoms with Gasteiger partial charge in [0, 0.05) is 30.9 Å². The summed E-state index contributed by atoms with van der Waals surface area (Å²) in [5, 5.41) is 0. The van der Waals surface area contributed by atoms with Crippen molar-refractivity contribution in [2.75, 3.05) is 0 Å². The summed E-state index contributed by atoms with van der Waals surface area (Å²) >= 11 is 0. The van der Waals surface area contributed by atoms with Gasteiger partial charge >= 0.3 is 0 Å². The molecular formula is C22H23N5O2. The van der Waals surface area contributed by atoms with Gasteiger partial charge in [0.05, 0.1) is 12.1 Å². The van der Waals surface area contributed by atoms with Gasteiger partial charge in [-0.3, -0.25) is 9.59 Å². The van der Waals surface area contributed by atoms with Gasteiger partial charge in [0.25, 0.3) is 0 Å². The number of fused-ring (bicyclic) bond motifs is 1. The van der Waals surface area contributed by atoms with E-state index in [4.69, 9.17) is 11.5 Å². The number of carbonyl (C=O) groups excluding carboxylic acids is 2. The van der Waals surface area contributed by atoms with Crippen LogP contribution in [0.5, 0.6) is 0 Å². The standard InChI is InChI=1S/C22H23N5O2/c23-18(11-14-5-7-15(8-6-14)20(24)28)22(29)27-13-17-4-2-1-3-16(17)12-19(27)21-25-9-10-26-21/h1-10,18-19H,11-13,23H2,(H2,24,28)(H,25,26)/t18-,19?/m0/s1. The molecule has 0 aliphatic carbocycles.